The first-order valence-corrected chi connectivity index (χ1v) is 9.99. The number of piperazine rings is 1. The van der Waals surface area contributed by atoms with Crippen molar-refractivity contribution < 1.29 is 4.79 Å². The highest BCUT2D eigenvalue weighted by Gasteiger charge is 2.30. The normalized spacial score (nSPS) is 26.6. The number of likely N-dealkylation sites (N-methyl/N-ethyl adjacent to an activating group) is 1. The van der Waals surface area contributed by atoms with Crippen molar-refractivity contribution in [1.82, 2.24) is 14.7 Å². The number of carbonyl (C=O) groups excluding carboxylic acids is 1. The molecule has 2 saturated heterocycles. The molecule has 4 nitrogen and oxygen atoms in total. The van der Waals surface area contributed by atoms with Crippen LogP contribution in [0, 0.1) is 11.8 Å². The van der Waals surface area contributed by atoms with E-state index in [1.54, 1.807) is 0 Å². The van der Waals surface area contributed by atoms with E-state index in [4.69, 9.17) is 0 Å². The lowest BCUT2D eigenvalue weighted by atomic mass is 9.87. The molecule has 132 valence electrons. The summed E-state index contributed by atoms with van der Waals surface area (Å²) in [5, 5.41) is 0. The van der Waals surface area contributed by atoms with E-state index < -0.39 is 0 Å². The molecule has 3 rings (SSSR count). The molecule has 0 atom stereocenters. The lowest BCUT2D eigenvalue weighted by molar-refractivity contribution is -0.138. The van der Waals surface area contributed by atoms with E-state index in [2.05, 4.69) is 21.6 Å². The van der Waals surface area contributed by atoms with Gasteiger partial charge in [-0.15, -0.1) is 0 Å². The number of amides is 1. The summed E-state index contributed by atoms with van der Waals surface area (Å²) in [5.41, 5.74) is 0. The molecular formula is C19H35N3O. The van der Waals surface area contributed by atoms with Gasteiger partial charge in [0.15, 0.2) is 0 Å². The van der Waals surface area contributed by atoms with Crippen LogP contribution in [0.1, 0.15) is 51.9 Å². The molecule has 0 aromatic heterocycles. The van der Waals surface area contributed by atoms with Gasteiger partial charge in [-0.1, -0.05) is 26.2 Å². The first-order valence-electron chi connectivity index (χ1n) is 9.99. The predicted molar refractivity (Wildman–Crippen MR) is 94.4 cm³/mol. The molecule has 23 heavy (non-hydrogen) atoms. The van der Waals surface area contributed by atoms with Gasteiger partial charge in [-0.05, 0) is 51.2 Å². The van der Waals surface area contributed by atoms with E-state index in [0.717, 1.165) is 64.6 Å². The second kappa shape index (κ2) is 8.48. The second-order valence-corrected chi connectivity index (χ2v) is 7.84. The SMILES string of the molecule is CCN1CCN(C(=O)C2CCN(CC3CCCCC3)CC2)CC1. The molecule has 2 heterocycles. The van der Waals surface area contributed by atoms with Crippen molar-refractivity contribution >= 4 is 5.91 Å². The summed E-state index contributed by atoms with van der Waals surface area (Å²) < 4.78 is 0. The zero-order valence-corrected chi connectivity index (χ0v) is 15.0. The lowest BCUT2D eigenvalue weighted by Crippen LogP contribution is -2.51. The van der Waals surface area contributed by atoms with E-state index >= 15 is 0 Å². The maximum Gasteiger partial charge on any atom is 0.225 e. The highest BCUT2D eigenvalue weighted by atomic mass is 16.2. The summed E-state index contributed by atoms with van der Waals surface area (Å²) in [6.45, 7) is 10.9. The Morgan fingerprint density at radius 2 is 1.48 bits per heavy atom. The van der Waals surface area contributed by atoms with Gasteiger partial charge in [0.2, 0.25) is 5.91 Å². The zero-order valence-electron chi connectivity index (χ0n) is 15.0. The number of carbonyl (C=O) groups is 1. The molecule has 1 aliphatic carbocycles. The Hall–Kier alpha value is -0.610. The van der Waals surface area contributed by atoms with Crippen molar-refractivity contribution in [3.63, 3.8) is 0 Å². The maximum atomic E-state index is 12.7. The van der Waals surface area contributed by atoms with Crippen molar-refractivity contribution in [3.8, 4) is 0 Å². The third-order valence-electron chi connectivity index (χ3n) is 6.31. The minimum Gasteiger partial charge on any atom is -0.340 e. The Balaban J connectivity index is 1.39. The molecular weight excluding hydrogens is 286 g/mol. The molecule has 0 spiro atoms. The summed E-state index contributed by atoms with van der Waals surface area (Å²) >= 11 is 0. The van der Waals surface area contributed by atoms with Crippen molar-refractivity contribution in [2.45, 2.75) is 51.9 Å². The molecule has 0 bridgehead atoms. The Bertz CT molecular complexity index is 365. The van der Waals surface area contributed by atoms with Crippen LogP contribution in [0.25, 0.3) is 0 Å². The van der Waals surface area contributed by atoms with Crippen LogP contribution in [0.15, 0.2) is 0 Å². The summed E-state index contributed by atoms with van der Waals surface area (Å²) in [6, 6.07) is 0. The van der Waals surface area contributed by atoms with E-state index in [-0.39, 0.29) is 0 Å². The zero-order chi connectivity index (χ0) is 16.1. The van der Waals surface area contributed by atoms with Gasteiger partial charge < -0.3 is 14.7 Å². The van der Waals surface area contributed by atoms with Crippen LogP contribution >= 0.6 is 0 Å². The topological polar surface area (TPSA) is 26.8 Å². The van der Waals surface area contributed by atoms with Gasteiger partial charge in [0, 0.05) is 38.6 Å². The molecule has 4 heteroatoms. The van der Waals surface area contributed by atoms with Crippen LogP contribution in [0.2, 0.25) is 0 Å². The smallest absolute Gasteiger partial charge is 0.225 e. The fourth-order valence-corrected chi connectivity index (χ4v) is 4.64. The lowest BCUT2D eigenvalue weighted by Gasteiger charge is -2.39. The van der Waals surface area contributed by atoms with Crippen LogP contribution in [-0.2, 0) is 4.79 Å². The van der Waals surface area contributed by atoms with Gasteiger partial charge in [0.1, 0.15) is 0 Å². The minimum atomic E-state index is 0.297. The highest BCUT2D eigenvalue weighted by molar-refractivity contribution is 5.79. The molecule has 0 N–H and O–H groups in total. The van der Waals surface area contributed by atoms with Crippen LogP contribution < -0.4 is 0 Å². The average Bonchev–Trinajstić information content (AvgIpc) is 2.63. The van der Waals surface area contributed by atoms with E-state index in [0.29, 0.717) is 11.8 Å². The number of piperidine rings is 1. The van der Waals surface area contributed by atoms with E-state index in [9.17, 15) is 4.79 Å². The first kappa shape index (κ1) is 17.2. The summed E-state index contributed by atoms with van der Waals surface area (Å²) in [6.07, 6.45) is 9.34. The summed E-state index contributed by atoms with van der Waals surface area (Å²) in [5.74, 6) is 1.67. The van der Waals surface area contributed by atoms with Crippen molar-refractivity contribution in [2.75, 3.05) is 52.4 Å². The van der Waals surface area contributed by atoms with Gasteiger partial charge in [0.25, 0.3) is 0 Å². The third kappa shape index (κ3) is 4.69. The molecule has 2 aliphatic heterocycles. The molecule has 0 radical (unpaired) electrons. The van der Waals surface area contributed by atoms with Crippen molar-refractivity contribution in [3.05, 3.63) is 0 Å². The monoisotopic (exact) mass is 321 g/mol. The number of hydrogen-bond acceptors (Lipinski definition) is 3. The van der Waals surface area contributed by atoms with Gasteiger partial charge in [-0.25, -0.2) is 0 Å². The van der Waals surface area contributed by atoms with Crippen LogP contribution in [0.4, 0.5) is 0 Å². The highest BCUT2D eigenvalue weighted by Crippen LogP contribution is 2.27. The average molecular weight is 322 g/mol. The number of likely N-dealkylation sites (tertiary alicyclic amines) is 1. The summed E-state index contributed by atoms with van der Waals surface area (Å²) in [7, 11) is 0. The maximum absolute atomic E-state index is 12.7. The Labute approximate surface area is 142 Å². The molecule has 3 aliphatic rings. The Morgan fingerprint density at radius 1 is 0.826 bits per heavy atom. The molecule has 1 saturated carbocycles. The van der Waals surface area contributed by atoms with Crippen LogP contribution in [-0.4, -0.2) is 73.0 Å². The number of hydrogen-bond donors (Lipinski definition) is 0. The number of nitrogens with zero attached hydrogens (tertiary/aromatic N) is 3. The van der Waals surface area contributed by atoms with Gasteiger partial charge in [0.05, 0.1) is 0 Å². The second-order valence-electron chi connectivity index (χ2n) is 7.84. The molecule has 1 amide bonds. The molecule has 0 aromatic carbocycles. The van der Waals surface area contributed by atoms with Gasteiger partial charge in [-0.3, -0.25) is 4.79 Å². The van der Waals surface area contributed by atoms with Crippen molar-refractivity contribution in [1.29, 1.82) is 0 Å². The Morgan fingerprint density at radius 3 is 2.09 bits per heavy atom. The van der Waals surface area contributed by atoms with Crippen LogP contribution in [0.3, 0.4) is 0 Å². The fourth-order valence-electron chi connectivity index (χ4n) is 4.64. The standard InChI is InChI=1S/C19H35N3O/c1-2-20-12-14-22(15-13-20)19(23)18-8-10-21(11-9-18)16-17-6-4-3-5-7-17/h17-18H,2-16H2,1H3. The van der Waals surface area contributed by atoms with Crippen molar-refractivity contribution in [2.24, 2.45) is 11.8 Å². The Kier molecular flexibility index (Phi) is 6.35. The number of rotatable bonds is 4. The quantitative estimate of drug-likeness (QED) is 0.796. The van der Waals surface area contributed by atoms with Crippen LogP contribution in [0.5, 0.6) is 0 Å². The fraction of sp³-hybridized carbons (Fsp3) is 0.947. The van der Waals surface area contributed by atoms with Gasteiger partial charge in [-0.2, -0.15) is 0 Å². The molecule has 3 fully saturated rings. The third-order valence-corrected chi connectivity index (χ3v) is 6.31. The van der Waals surface area contributed by atoms with E-state index in [1.807, 2.05) is 0 Å². The summed E-state index contributed by atoms with van der Waals surface area (Å²) in [4.78, 5) is 19.9. The van der Waals surface area contributed by atoms with Gasteiger partial charge >= 0.3 is 0 Å². The largest absolute Gasteiger partial charge is 0.340 e. The van der Waals surface area contributed by atoms with E-state index in [1.165, 1.54) is 38.6 Å². The molecule has 0 unspecified atom stereocenters. The predicted octanol–water partition coefficient (Wildman–Crippen LogP) is 2.44. The molecule has 0 aromatic rings. The minimum absolute atomic E-state index is 0.297. The first-order chi connectivity index (χ1) is 11.3.